The number of methoxy groups -OCH3 is 1. The second-order valence-electron chi connectivity index (χ2n) is 4.03. The van der Waals surface area contributed by atoms with Gasteiger partial charge in [-0.2, -0.15) is 0 Å². The third-order valence-corrected chi connectivity index (χ3v) is 2.48. The third kappa shape index (κ3) is 3.94. The highest BCUT2D eigenvalue weighted by Crippen LogP contribution is 2.16. The summed E-state index contributed by atoms with van der Waals surface area (Å²) in [5.41, 5.74) is 0.784. The van der Waals surface area contributed by atoms with Crippen LogP contribution in [0.2, 0.25) is 0 Å². The van der Waals surface area contributed by atoms with E-state index in [1.54, 1.807) is 43.6 Å². The van der Waals surface area contributed by atoms with E-state index in [2.05, 4.69) is 15.3 Å². The number of nitrogens with zero attached hydrogens (tertiary/aromatic N) is 2. The van der Waals surface area contributed by atoms with Gasteiger partial charge in [0.1, 0.15) is 11.5 Å². The lowest BCUT2D eigenvalue weighted by Gasteiger charge is -2.07. The number of rotatable bonds is 5. The Morgan fingerprint density at radius 3 is 2.55 bits per heavy atom. The molecular formula is C14H15N3O3. The Bertz CT molecular complexity index is 584. The smallest absolute Gasteiger partial charge is 0.264 e. The minimum Gasteiger partial charge on any atom is -0.497 e. The molecule has 6 nitrogen and oxygen atoms in total. The van der Waals surface area contributed by atoms with Crippen molar-refractivity contribution in [1.29, 1.82) is 0 Å². The summed E-state index contributed by atoms with van der Waals surface area (Å²) in [6.07, 6.45) is 1.59. The zero-order valence-electron chi connectivity index (χ0n) is 11.3. The number of carbonyl (C=O) groups excluding carboxylic acids is 1. The van der Waals surface area contributed by atoms with Crippen LogP contribution < -0.4 is 14.8 Å². The van der Waals surface area contributed by atoms with E-state index in [1.165, 1.54) is 0 Å². The summed E-state index contributed by atoms with van der Waals surface area (Å²) in [7, 11) is 1.59. The Hall–Kier alpha value is -2.63. The molecule has 0 atom stereocenters. The molecule has 0 saturated heterocycles. The summed E-state index contributed by atoms with van der Waals surface area (Å²) in [5.74, 6) is 1.28. The summed E-state index contributed by atoms with van der Waals surface area (Å²) in [6, 6.07) is 8.74. The maximum absolute atomic E-state index is 11.7. The van der Waals surface area contributed by atoms with Gasteiger partial charge in [0.15, 0.2) is 6.61 Å². The Labute approximate surface area is 116 Å². The topological polar surface area (TPSA) is 73.3 Å². The number of carbonyl (C=O) groups is 1. The average molecular weight is 273 g/mol. The van der Waals surface area contributed by atoms with Gasteiger partial charge in [-0.05, 0) is 37.3 Å². The van der Waals surface area contributed by atoms with Crippen LogP contribution in [0.5, 0.6) is 11.5 Å². The van der Waals surface area contributed by atoms with Gasteiger partial charge in [-0.25, -0.2) is 9.97 Å². The lowest BCUT2D eigenvalue weighted by atomic mass is 10.3. The van der Waals surface area contributed by atoms with Gasteiger partial charge in [-0.1, -0.05) is 0 Å². The highest BCUT2D eigenvalue weighted by Gasteiger charge is 2.05. The normalized spacial score (nSPS) is 9.90. The van der Waals surface area contributed by atoms with E-state index in [0.717, 1.165) is 11.4 Å². The number of nitrogens with one attached hydrogen (secondary N) is 1. The second kappa shape index (κ2) is 6.51. The highest BCUT2D eigenvalue weighted by atomic mass is 16.5. The van der Waals surface area contributed by atoms with Gasteiger partial charge in [-0.3, -0.25) is 10.1 Å². The first kappa shape index (κ1) is 13.8. The number of benzene rings is 1. The molecule has 104 valence electrons. The van der Waals surface area contributed by atoms with Crippen LogP contribution in [-0.2, 0) is 4.79 Å². The summed E-state index contributed by atoms with van der Waals surface area (Å²) in [4.78, 5) is 19.7. The van der Waals surface area contributed by atoms with Crippen molar-refractivity contribution in [2.45, 2.75) is 6.92 Å². The fourth-order valence-electron chi connectivity index (χ4n) is 1.49. The molecule has 1 amide bonds. The predicted octanol–water partition coefficient (Wildman–Crippen LogP) is 1.81. The van der Waals surface area contributed by atoms with E-state index in [4.69, 9.17) is 9.47 Å². The number of hydrogen-bond acceptors (Lipinski definition) is 5. The second-order valence-corrected chi connectivity index (χ2v) is 4.03. The van der Waals surface area contributed by atoms with E-state index >= 15 is 0 Å². The third-order valence-electron chi connectivity index (χ3n) is 2.48. The fourth-order valence-corrected chi connectivity index (χ4v) is 1.49. The first-order chi connectivity index (χ1) is 9.67. The van der Waals surface area contributed by atoms with Gasteiger partial charge >= 0.3 is 0 Å². The van der Waals surface area contributed by atoms with Crippen molar-refractivity contribution in [3.8, 4) is 11.5 Å². The Morgan fingerprint density at radius 1 is 1.20 bits per heavy atom. The van der Waals surface area contributed by atoms with Crippen molar-refractivity contribution in [3.05, 3.63) is 42.2 Å². The first-order valence-electron chi connectivity index (χ1n) is 6.04. The molecule has 0 saturated carbocycles. The van der Waals surface area contributed by atoms with Crippen molar-refractivity contribution in [2.75, 3.05) is 19.0 Å². The van der Waals surface area contributed by atoms with Crippen LogP contribution in [0.15, 0.2) is 36.5 Å². The Kier molecular flexibility index (Phi) is 4.49. The maximum Gasteiger partial charge on any atom is 0.264 e. The van der Waals surface area contributed by atoms with Gasteiger partial charge in [0.25, 0.3) is 5.91 Å². The van der Waals surface area contributed by atoms with Crippen LogP contribution in [0.4, 0.5) is 5.95 Å². The average Bonchev–Trinajstić information content (AvgIpc) is 2.46. The molecule has 2 rings (SSSR count). The number of hydrogen-bond donors (Lipinski definition) is 1. The fraction of sp³-hybridized carbons (Fsp3) is 0.214. The van der Waals surface area contributed by atoms with Crippen LogP contribution >= 0.6 is 0 Å². The van der Waals surface area contributed by atoms with Gasteiger partial charge in [0.05, 0.1) is 7.11 Å². The number of ether oxygens (including phenoxy) is 2. The van der Waals surface area contributed by atoms with Gasteiger partial charge in [0, 0.05) is 11.9 Å². The molecule has 0 aliphatic carbocycles. The molecule has 1 aromatic carbocycles. The van der Waals surface area contributed by atoms with Crippen LogP contribution in [0.3, 0.4) is 0 Å². The van der Waals surface area contributed by atoms with Crippen molar-refractivity contribution in [3.63, 3.8) is 0 Å². The largest absolute Gasteiger partial charge is 0.497 e. The van der Waals surface area contributed by atoms with Crippen molar-refractivity contribution in [1.82, 2.24) is 9.97 Å². The van der Waals surface area contributed by atoms with Gasteiger partial charge in [-0.15, -0.1) is 0 Å². The molecule has 1 N–H and O–H groups in total. The molecule has 20 heavy (non-hydrogen) atoms. The molecule has 2 aromatic rings. The molecule has 1 heterocycles. The van der Waals surface area contributed by atoms with E-state index in [1.807, 2.05) is 6.92 Å². The lowest BCUT2D eigenvalue weighted by Crippen LogP contribution is -2.21. The zero-order valence-corrected chi connectivity index (χ0v) is 11.3. The predicted molar refractivity (Wildman–Crippen MR) is 73.9 cm³/mol. The maximum atomic E-state index is 11.7. The molecule has 0 radical (unpaired) electrons. The van der Waals surface area contributed by atoms with Gasteiger partial charge < -0.3 is 9.47 Å². The molecule has 0 spiro atoms. The number of aryl methyl sites for hydroxylation is 1. The van der Waals surface area contributed by atoms with Crippen LogP contribution in [-0.4, -0.2) is 29.6 Å². The SMILES string of the molecule is COc1ccc(OCC(=O)Nc2nccc(C)n2)cc1. The molecule has 0 unspecified atom stereocenters. The summed E-state index contributed by atoms with van der Waals surface area (Å²) in [5, 5.41) is 2.56. The minimum atomic E-state index is -0.314. The van der Waals surface area contributed by atoms with Crippen molar-refractivity contribution < 1.29 is 14.3 Å². The molecule has 0 bridgehead atoms. The van der Waals surface area contributed by atoms with Crippen molar-refractivity contribution in [2.24, 2.45) is 0 Å². The van der Waals surface area contributed by atoms with Crippen LogP contribution in [0.25, 0.3) is 0 Å². The van der Waals surface area contributed by atoms with Crippen LogP contribution in [0, 0.1) is 6.92 Å². The van der Waals surface area contributed by atoms with Crippen LogP contribution in [0.1, 0.15) is 5.69 Å². The Morgan fingerprint density at radius 2 is 1.90 bits per heavy atom. The van der Waals surface area contributed by atoms with E-state index < -0.39 is 0 Å². The number of amides is 1. The van der Waals surface area contributed by atoms with E-state index in [9.17, 15) is 4.79 Å². The van der Waals surface area contributed by atoms with Crippen molar-refractivity contribution >= 4 is 11.9 Å². The summed E-state index contributed by atoms with van der Waals surface area (Å²) in [6.45, 7) is 1.72. The monoisotopic (exact) mass is 273 g/mol. The standard InChI is InChI=1S/C14H15N3O3/c1-10-7-8-15-14(16-10)17-13(18)9-20-12-5-3-11(19-2)4-6-12/h3-8H,9H2,1-2H3,(H,15,16,17,18). The molecule has 0 aliphatic rings. The zero-order chi connectivity index (χ0) is 14.4. The Balaban J connectivity index is 1.85. The molecule has 1 aromatic heterocycles. The quantitative estimate of drug-likeness (QED) is 0.899. The molecular weight excluding hydrogens is 258 g/mol. The summed E-state index contributed by atoms with van der Waals surface area (Å²) >= 11 is 0. The van der Waals surface area contributed by atoms with E-state index in [0.29, 0.717) is 5.75 Å². The van der Waals surface area contributed by atoms with Gasteiger partial charge in [0.2, 0.25) is 5.95 Å². The first-order valence-corrected chi connectivity index (χ1v) is 6.04. The number of aromatic nitrogens is 2. The summed E-state index contributed by atoms with van der Waals surface area (Å²) < 4.78 is 10.4. The minimum absolute atomic E-state index is 0.108. The molecule has 0 fully saturated rings. The lowest BCUT2D eigenvalue weighted by molar-refractivity contribution is -0.118. The number of anilines is 1. The highest BCUT2D eigenvalue weighted by molar-refractivity contribution is 5.90. The van der Waals surface area contributed by atoms with E-state index in [-0.39, 0.29) is 18.5 Å². The molecule has 0 aliphatic heterocycles. The molecule has 6 heteroatoms.